The summed E-state index contributed by atoms with van der Waals surface area (Å²) >= 11 is 0. The number of methoxy groups -OCH3 is 3. The molecule has 0 aromatic rings. The van der Waals surface area contributed by atoms with E-state index in [9.17, 15) is 24.0 Å². The number of ether oxygens (including phenoxy) is 3. The molecule has 0 radical (unpaired) electrons. The number of amides is 4. The fourth-order valence-electron chi connectivity index (χ4n) is 7.76. The van der Waals surface area contributed by atoms with E-state index in [1.807, 2.05) is 79.6 Å². The minimum absolute atomic E-state index is 0.000165. The number of likely N-dealkylation sites (N-methyl/N-ethyl adjacent to an activating group) is 2. The Balaban J connectivity index is 3.32. The summed E-state index contributed by atoms with van der Waals surface area (Å²) in [6.07, 6.45) is 8.06. The molecule has 9 atom stereocenters. The number of hydrogen-bond acceptors (Lipinski definition) is 9. The van der Waals surface area contributed by atoms with E-state index in [0.717, 1.165) is 18.4 Å². The van der Waals surface area contributed by atoms with Crippen molar-refractivity contribution in [3.8, 4) is 0 Å². The maximum absolute atomic E-state index is 14.2. The maximum Gasteiger partial charge on any atom is 0.328 e. The van der Waals surface area contributed by atoms with Crippen LogP contribution in [-0.4, -0.2) is 136 Å². The van der Waals surface area contributed by atoms with E-state index in [-0.39, 0.29) is 48.3 Å². The van der Waals surface area contributed by atoms with Crippen LogP contribution in [0.3, 0.4) is 0 Å². The molecule has 0 aromatic heterocycles. The summed E-state index contributed by atoms with van der Waals surface area (Å²) in [7, 11) is 9.77. The first-order valence-electron chi connectivity index (χ1n) is 19.8. The highest BCUT2D eigenvalue weighted by atomic mass is 16.5. The first-order chi connectivity index (χ1) is 25.9. The van der Waals surface area contributed by atoms with Crippen molar-refractivity contribution in [2.24, 2.45) is 23.7 Å². The van der Waals surface area contributed by atoms with Crippen LogP contribution in [0.4, 0.5) is 0 Å². The molecule has 1 rings (SSSR count). The van der Waals surface area contributed by atoms with Crippen molar-refractivity contribution in [3.05, 3.63) is 36.5 Å². The number of rotatable bonds is 23. The normalized spacial score (nSPS) is 19.4. The van der Waals surface area contributed by atoms with E-state index in [1.54, 1.807) is 43.0 Å². The van der Waals surface area contributed by atoms with Crippen LogP contribution < -0.4 is 10.6 Å². The van der Waals surface area contributed by atoms with E-state index >= 15 is 0 Å². The SMILES string of the molecule is C=C/C=C\C(=C/C)CC(NC(=O)C(C)C(OC)C1CCCN1C(=O)CC(OC)C(C(C)CC)N(C)C(=O)[C@@H](NC(=O)C(C(C)C)N(C)C)C(C)C)C(=O)OC. The highest BCUT2D eigenvalue weighted by Gasteiger charge is 2.43. The third kappa shape index (κ3) is 13.9. The lowest BCUT2D eigenvalue weighted by Crippen LogP contribution is -2.59. The summed E-state index contributed by atoms with van der Waals surface area (Å²) in [5, 5.41) is 5.88. The summed E-state index contributed by atoms with van der Waals surface area (Å²) < 4.78 is 16.9. The maximum atomic E-state index is 14.2. The lowest BCUT2D eigenvalue weighted by molar-refractivity contribution is -0.149. The van der Waals surface area contributed by atoms with Gasteiger partial charge in [0.05, 0.1) is 49.8 Å². The molecular weight excluding hydrogens is 702 g/mol. The van der Waals surface area contributed by atoms with Crippen molar-refractivity contribution < 1.29 is 38.2 Å². The van der Waals surface area contributed by atoms with E-state index in [2.05, 4.69) is 17.2 Å². The Bertz CT molecular complexity index is 1320. The van der Waals surface area contributed by atoms with Gasteiger partial charge in [-0.3, -0.25) is 24.1 Å². The van der Waals surface area contributed by atoms with Crippen LogP contribution in [0, 0.1) is 23.7 Å². The first kappa shape index (κ1) is 49.5. The van der Waals surface area contributed by atoms with Gasteiger partial charge in [-0.25, -0.2) is 4.79 Å². The second-order valence-corrected chi connectivity index (χ2v) is 15.7. The third-order valence-electron chi connectivity index (χ3n) is 11.0. The van der Waals surface area contributed by atoms with Crippen molar-refractivity contribution in [1.29, 1.82) is 0 Å². The number of nitrogens with zero attached hydrogens (tertiary/aromatic N) is 3. The number of allylic oxidation sites excluding steroid dienone is 4. The van der Waals surface area contributed by atoms with Crippen molar-refractivity contribution in [1.82, 2.24) is 25.3 Å². The molecule has 8 unspecified atom stereocenters. The molecule has 13 nitrogen and oxygen atoms in total. The van der Waals surface area contributed by atoms with Crippen molar-refractivity contribution in [2.45, 2.75) is 130 Å². The average Bonchev–Trinajstić information content (AvgIpc) is 3.63. The molecule has 0 aromatic carbocycles. The molecule has 1 aliphatic rings. The highest BCUT2D eigenvalue weighted by molar-refractivity contribution is 5.90. The van der Waals surface area contributed by atoms with Gasteiger partial charge in [0, 0.05) is 34.2 Å². The summed E-state index contributed by atoms with van der Waals surface area (Å²) in [4.78, 5) is 73.6. The Morgan fingerprint density at radius 1 is 0.909 bits per heavy atom. The smallest absolute Gasteiger partial charge is 0.328 e. The molecule has 13 heteroatoms. The molecular formula is C42H73N5O8. The molecule has 2 N–H and O–H groups in total. The number of hydrogen-bond donors (Lipinski definition) is 2. The van der Waals surface area contributed by atoms with Gasteiger partial charge in [0.25, 0.3) is 0 Å². The van der Waals surface area contributed by atoms with Crippen LogP contribution in [0.1, 0.15) is 87.5 Å². The van der Waals surface area contributed by atoms with Gasteiger partial charge in [-0.15, -0.1) is 0 Å². The molecule has 314 valence electrons. The zero-order valence-electron chi connectivity index (χ0n) is 36.2. The van der Waals surface area contributed by atoms with Crippen molar-refractivity contribution in [2.75, 3.05) is 49.0 Å². The number of likely N-dealkylation sites (tertiary alicyclic amines) is 1. The largest absolute Gasteiger partial charge is 0.467 e. The van der Waals surface area contributed by atoms with E-state index in [0.29, 0.717) is 13.0 Å². The number of esters is 1. The van der Waals surface area contributed by atoms with Gasteiger partial charge < -0.3 is 34.6 Å². The van der Waals surface area contributed by atoms with Gasteiger partial charge in [-0.05, 0) is 57.2 Å². The first-order valence-corrected chi connectivity index (χ1v) is 19.8. The molecule has 0 saturated carbocycles. The topological polar surface area (TPSA) is 147 Å². The second kappa shape index (κ2) is 24.2. The molecule has 4 amide bonds. The molecule has 1 saturated heterocycles. The summed E-state index contributed by atoms with van der Waals surface area (Å²) in [5.74, 6) is -2.49. The van der Waals surface area contributed by atoms with Gasteiger partial charge in [-0.1, -0.05) is 85.8 Å². The third-order valence-corrected chi connectivity index (χ3v) is 11.0. The van der Waals surface area contributed by atoms with Gasteiger partial charge in [0.15, 0.2) is 0 Å². The van der Waals surface area contributed by atoms with Crippen molar-refractivity contribution in [3.63, 3.8) is 0 Å². The van der Waals surface area contributed by atoms with E-state index in [1.165, 1.54) is 14.2 Å². The predicted octanol–water partition coefficient (Wildman–Crippen LogP) is 4.37. The van der Waals surface area contributed by atoms with Crippen LogP contribution in [-0.2, 0) is 38.2 Å². The average molecular weight is 776 g/mol. The lowest BCUT2D eigenvalue weighted by Gasteiger charge is -2.41. The molecule has 0 spiro atoms. The van der Waals surface area contributed by atoms with Gasteiger partial charge in [-0.2, -0.15) is 0 Å². The Labute approximate surface area is 331 Å². The Morgan fingerprint density at radius 3 is 2.02 bits per heavy atom. The Kier molecular flexibility index (Phi) is 21.7. The highest BCUT2D eigenvalue weighted by Crippen LogP contribution is 2.30. The van der Waals surface area contributed by atoms with Crippen LogP contribution in [0.5, 0.6) is 0 Å². The molecule has 0 bridgehead atoms. The Morgan fingerprint density at radius 2 is 1.55 bits per heavy atom. The van der Waals surface area contributed by atoms with Crippen LogP contribution in [0.15, 0.2) is 36.5 Å². The standard InChI is InChI=1S/C42H73N5O8/c1-16-19-21-30(18-3)24-31(42(52)55-15)43-39(49)29(9)38(54-14)32-22-20-23-47(32)34(48)25-33(53-13)37(28(8)17-2)46(12)41(51)35(26(4)5)44-40(50)36(27(6)7)45(10)11/h16,18-19,21,26-29,31-33,35-38H,1,17,20,22-25H2,2-15H3,(H,43,49)(H,44,50)/b21-19-,30-18+/t28?,29?,31?,32?,33?,35-,36?,37?,38?/m0/s1. The summed E-state index contributed by atoms with van der Waals surface area (Å²) in [5.41, 5.74) is 0.823. The summed E-state index contributed by atoms with van der Waals surface area (Å²) in [6, 6.07) is -2.98. The Hall–Kier alpha value is -3.55. The van der Waals surface area contributed by atoms with Gasteiger partial charge >= 0.3 is 5.97 Å². The number of nitrogens with one attached hydrogen (secondary N) is 2. The van der Waals surface area contributed by atoms with Crippen LogP contribution in [0.25, 0.3) is 0 Å². The zero-order valence-corrected chi connectivity index (χ0v) is 36.2. The minimum Gasteiger partial charge on any atom is -0.467 e. The molecule has 1 heterocycles. The fraction of sp³-hybridized carbons (Fsp3) is 0.738. The van der Waals surface area contributed by atoms with Crippen molar-refractivity contribution >= 4 is 29.6 Å². The number of carbonyl (C=O) groups excluding carboxylic acids is 5. The minimum atomic E-state index is -0.924. The molecule has 1 fully saturated rings. The van der Waals surface area contributed by atoms with E-state index in [4.69, 9.17) is 14.2 Å². The second-order valence-electron chi connectivity index (χ2n) is 15.7. The molecule has 1 aliphatic heterocycles. The number of carbonyl (C=O) groups is 5. The molecule has 0 aliphatic carbocycles. The van der Waals surface area contributed by atoms with E-state index < -0.39 is 60.2 Å². The van der Waals surface area contributed by atoms with Gasteiger partial charge in [0.2, 0.25) is 23.6 Å². The van der Waals surface area contributed by atoms with Crippen LogP contribution >= 0.6 is 0 Å². The zero-order chi connectivity index (χ0) is 42.2. The molecule has 55 heavy (non-hydrogen) atoms. The predicted molar refractivity (Wildman–Crippen MR) is 217 cm³/mol. The van der Waals surface area contributed by atoms with Gasteiger partial charge in [0.1, 0.15) is 12.1 Å². The monoisotopic (exact) mass is 776 g/mol. The van der Waals surface area contributed by atoms with Crippen LogP contribution in [0.2, 0.25) is 0 Å². The lowest BCUT2D eigenvalue weighted by atomic mass is 9.89. The quantitative estimate of drug-likeness (QED) is 0.114. The fourth-order valence-corrected chi connectivity index (χ4v) is 7.76. The summed E-state index contributed by atoms with van der Waals surface area (Å²) in [6.45, 7) is 19.6.